The van der Waals surface area contributed by atoms with Crippen LogP contribution in [0.15, 0.2) is 42.5 Å². The average Bonchev–Trinajstić information content (AvgIpc) is 3.10. The summed E-state index contributed by atoms with van der Waals surface area (Å²) in [5, 5.41) is 13.0. The molecule has 0 bridgehead atoms. The Morgan fingerprint density at radius 1 is 0.943 bits per heavy atom. The van der Waals surface area contributed by atoms with Gasteiger partial charge in [0.2, 0.25) is 11.8 Å². The SMILES string of the molecule is O=C1CCC(N2C(=O)c3cccc(N4CCC(Oc5ccc([N+](=O)[O-])cc5)CC4)c3C2=O)C(=O)N1. The van der Waals surface area contributed by atoms with E-state index in [0.29, 0.717) is 37.4 Å². The van der Waals surface area contributed by atoms with E-state index in [1.807, 2.05) is 4.90 Å². The van der Waals surface area contributed by atoms with E-state index in [2.05, 4.69) is 5.32 Å². The Morgan fingerprint density at radius 3 is 2.31 bits per heavy atom. The molecule has 2 aromatic rings. The number of non-ortho nitro benzene ring substituents is 1. The molecule has 0 radical (unpaired) electrons. The summed E-state index contributed by atoms with van der Waals surface area (Å²) < 4.78 is 5.97. The van der Waals surface area contributed by atoms with Gasteiger partial charge in [-0.1, -0.05) is 6.07 Å². The number of fused-ring (bicyclic) bond motifs is 1. The maximum absolute atomic E-state index is 13.3. The van der Waals surface area contributed by atoms with Gasteiger partial charge in [-0.2, -0.15) is 0 Å². The Balaban J connectivity index is 1.29. The topological polar surface area (TPSA) is 139 Å². The minimum atomic E-state index is -1.01. The molecule has 1 unspecified atom stereocenters. The monoisotopic (exact) mass is 478 g/mol. The summed E-state index contributed by atoms with van der Waals surface area (Å²) in [6, 6.07) is 10.0. The van der Waals surface area contributed by atoms with Crippen LogP contribution in [0, 0.1) is 10.1 Å². The summed E-state index contributed by atoms with van der Waals surface area (Å²) in [6.45, 7) is 1.15. The molecule has 0 saturated carbocycles. The van der Waals surface area contributed by atoms with Crippen molar-refractivity contribution in [3.05, 3.63) is 63.7 Å². The fourth-order valence-corrected chi connectivity index (χ4v) is 4.81. The lowest BCUT2D eigenvalue weighted by Crippen LogP contribution is -2.54. The first-order chi connectivity index (χ1) is 16.8. The summed E-state index contributed by atoms with van der Waals surface area (Å²) in [6.07, 6.45) is 1.39. The van der Waals surface area contributed by atoms with Gasteiger partial charge in [-0.15, -0.1) is 0 Å². The Morgan fingerprint density at radius 2 is 1.66 bits per heavy atom. The van der Waals surface area contributed by atoms with Gasteiger partial charge >= 0.3 is 0 Å². The lowest BCUT2D eigenvalue weighted by molar-refractivity contribution is -0.384. The molecule has 3 heterocycles. The second kappa shape index (κ2) is 8.82. The Kier molecular flexibility index (Phi) is 5.67. The van der Waals surface area contributed by atoms with E-state index in [9.17, 15) is 29.3 Å². The maximum atomic E-state index is 13.3. The summed E-state index contributed by atoms with van der Waals surface area (Å²) in [4.78, 5) is 63.5. The third-order valence-corrected chi connectivity index (χ3v) is 6.58. The number of nitrogens with one attached hydrogen (secondary N) is 1. The van der Waals surface area contributed by atoms with E-state index in [0.717, 1.165) is 4.90 Å². The molecule has 2 aromatic carbocycles. The van der Waals surface area contributed by atoms with Crippen LogP contribution in [0.25, 0.3) is 0 Å². The quantitative estimate of drug-likeness (QED) is 0.391. The Bertz CT molecular complexity index is 1230. The first-order valence-corrected chi connectivity index (χ1v) is 11.3. The van der Waals surface area contributed by atoms with Crippen LogP contribution in [-0.2, 0) is 9.59 Å². The number of amides is 4. The van der Waals surface area contributed by atoms with Crippen molar-refractivity contribution in [1.82, 2.24) is 10.2 Å². The van der Waals surface area contributed by atoms with E-state index in [-0.39, 0.29) is 35.8 Å². The number of nitro benzene ring substituents is 1. The highest BCUT2D eigenvalue weighted by Crippen LogP contribution is 2.35. The van der Waals surface area contributed by atoms with Crippen LogP contribution in [0.1, 0.15) is 46.4 Å². The van der Waals surface area contributed by atoms with Gasteiger partial charge in [0.15, 0.2) is 0 Å². The third-order valence-electron chi connectivity index (χ3n) is 6.58. The number of nitro groups is 1. The normalized spacial score (nSPS) is 20.6. The minimum Gasteiger partial charge on any atom is -0.490 e. The van der Waals surface area contributed by atoms with Crippen LogP contribution in [0.4, 0.5) is 11.4 Å². The van der Waals surface area contributed by atoms with Gasteiger partial charge < -0.3 is 9.64 Å². The molecule has 4 amide bonds. The number of ether oxygens (including phenoxy) is 1. The zero-order chi connectivity index (χ0) is 24.7. The number of anilines is 1. The van der Waals surface area contributed by atoms with Crippen molar-refractivity contribution >= 4 is 35.0 Å². The van der Waals surface area contributed by atoms with Gasteiger partial charge in [0.05, 0.1) is 21.7 Å². The molecule has 5 rings (SSSR count). The molecule has 1 atom stereocenters. The first kappa shape index (κ1) is 22.5. The summed E-state index contributed by atoms with van der Waals surface area (Å²) in [7, 11) is 0. The van der Waals surface area contributed by atoms with Crippen molar-refractivity contribution in [2.45, 2.75) is 37.8 Å². The molecule has 180 valence electrons. The number of nitrogens with zero attached hydrogens (tertiary/aromatic N) is 3. The minimum absolute atomic E-state index is 0.00401. The van der Waals surface area contributed by atoms with Gasteiger partial charge in [-0.3, -0.25) is 39.5 Å². The molecule has 0 aliphatic carbocycles. The lowest BCUT2D eigenvalue weighted by Gasteiger charge is -2.34. The maximum Gasteiger partial charge on any atom is 0.269 e. The fourth-order valence-electron chi connectivity index (χ4n) is 4.81. The molecule has 35 heavy (non-hydrogen) atoms. The number of imide groups is 2. The summed E-state index contributed by atoms with van der Waals surface area (Å²) in [5.74, 6) is -1.56. The van der Waals surface area contributed by atoms with Crippen LogP contribution in [0.2, 0.25) is 0 Å². The van der Waals surface area contributed by atoms with Gasteiger partial charge in [0, 0.05) is 44.5 Å². The van der Waals surface area contributed by atoms with Crippen LogP contribution in [-0.4, -0.2) is 58.7 Å². The molecule has 0 spiro atoms. The van der Waals surface area contributed by atoms with Crippen molar-refractivity contribution in [2.75, 3.05) is 18.0 Å². The molecule has 2 saturated heterocycles. The highest BCUT2D eigenvalue weighted by Gasteiger charge is 2.46. The molecular weight excluding hydrogens is 456 g/mol. The van der Waals surface area contributed by atoms with Crippen molar-refractivity contribution in [2.24, 2.45) is 0 Å². The van der Waals surface area contributed by atoms with Crippen molar-refractivity contribution < 1.29 is 28.8 Å². The van der Waals surface area contributed by atoms with E-state index >= 15 is 0 Å². The van der Waals surface area contributed by atoms with Gasteiger partial charge in [-0.25, -0.2) is 0 Å². The standard InChI is InChI=1S/C24H22N4O7/c29-20-9-8-19(22(30)25-20)27-23(31)17-2-1-3-18(21(17)24(27)32)26-12-10-16(11-13-26)35-15-6-4-14(5-7-15)28(33)34/h1-7,16,19H,8-13H2,(H,25,29,30). The number of benzene rings is 2. The number of carbonyl (C=O) groups excluding carboxylic acids is 4. The molecule has 1 N–H and O–H groups in total. The van der Waals surface area contributed by atoms with Crippen LogP contribution in [0.5, 0.6) is 5.75 Å². The van der Waals surface area contributed by atoms with Gasteiger partial charge in [-0.05, 0) is 30.7 Å². The summed E-state index contributed by atoms with van der Waals surface area (Å²) in [5.41, 5.74) is 1.15. The third kappa shape index (κ3) is 4.09. The van der Waals surface area contributed by atoms with Gasteiger partial charge in [0.25, 0.3) is 17.5 Å². The fraction of sp³-hybridized carbons (Fsp3) is 0.333. The second-order valence-electron chi connectivity index (χ2n) is 8.70. The predicted molar refractivity (Wildman–Crippen MR) is 122 cm³/mol. The van der Waals surface area contributed by atoms with E-state index in [4.69, 9.17) is 4.74 Å². The van der Waals surface area contributed by atoms with E-state index in [1.54, 1.807) is 30.3 Å². The molecule has 3 aliphatic heterocycles. The average molecular weight is 478 g/mol. The zero-order valence-corrected chi connectivity index (χ0v) is 18.6. The van der Waals surface area contributed by atoms with Crippen molar-refractivity contribution in [3.8, 4) is 5.75 Å². The molecule has 0 aromatic heterocycles. The number of hydrogen-bond acceptors (Lipinski definition) is 8. The Hall–Kier alpha value is -4.28. The largest absolute Gasteiger partial charge is 0.490 e. The van der Waals surface area contributed by atoms with Crippen molar-refractivity contribution in [3.63, 3.8) is 0 Å². The van der Waals surface area contributed by atoms with Crippen molar-refractivity contribution in [1.29, 1.82) is 0 Å². The van der Waals surface area contributed by atoms with Crippen LogP contribution >= 0.6 is 0 Å². The highest BCUT2D eigenvalue weighted by atomic mass is 16.6. The van der Waals surface area contributed by atoms with E-state index < -0.39 is 34.6 Å². The van der Waals surface area contributed by atoms with Crippen LogP contribution in [0.3, 0.4) is 0 Å². The Labute approximate surface area is 199 Å². The molecule has 11 nitrogen and oxygen atoms in total. The zero-order valence-electron chi connectivity index (χ0n) is 18.6. The molecule has 2 fully saturated rings. The number of hydrogen-bond donors (Lipinski definition) is 1. The first-order valence-electron chi connectivity index (χ1n) is 11.3. The molecule has 11 heteroatoms. The lowest BCUT2D eigenvalue weighted by atomic mass is 10.0. The molecular formula is C24H22N4O7. The number of carbonyl (C=O) groups is 4. The predicted octanol–water partition coefficient (Wildman–Crippen LogP) is 2.04. The smallest absolute Gasteiger partial charge is 0.269 e. The molecule has 3 aliphatic rings. The summed E-state index contributed by atoms with van der Waals surface area (Å²) >= 11 is 0. The highest BCUT2D eigenvalue weighted by molar-refractivity contribution is 6.25. The van der Waals surface area contributed by atoms with E-state index in [1.165, 1.54) is 12.1 Å². The number of piperidine rings is 2. The van der Waals surface area contributed by atoms with Gasteiger partial charge in [0.1, 0.15) is 17.9 Å². The second-order valence-corrected chi connectivity index (χ2v) is 8.70. The number of rotatable bonds is 5. The van der Waals surface area contributed by atoms with Crippen LogP contribution < -0.4 is 15.0 Å².